The molecule has 88 valence electrons. The molecule has 1 aromatic rings. The van der Waals surface area contributed by atoms with Crippen molar-refractivity contribution >= 4 is 15.9 Å². The van der Waals surface area contributed by atoms with Gasteiger partial charge in [-0.1, -0.05) is 18.9 Å². The maximum absolute atomic E-state index is 9.46. The van der Waals surface area contributed by atoms with Crippen LogP contribution in [0.1, 0.15) is 31.4 Å². The van der Waals surface area contributed by atoms with E-state index < -0.39 is 0 Å². The Labute approximate surface area is 104 Å². The minimum absolute atomic E-state index is 0.0655. The summed E-state index contributed by atoms with van der Waals surface area (Å²) in [6.45, 7) is 0.945. The maximum Gasteiger partial charge on any atom is 0.106 e. The summed E-state index contributed by atoms with van der Waals surface area (Å²) < 4.78 is 0.858. The van der Waals surface area contributed by atoms with E-state index in [9.17, 15) is 5.11 Å². The normalized spacial score (nSPS) is 18.9. The topological polar surface area (TPSA) is 45.1 Å². The Kier molecular flexibility index (Phi) is 3.95. The first-order chi connectivity index (χ1) is 7.74. The smallest absolute Gasteiger partial charge is 0.106 e. The van der Waals surface area contributed by atoms with Gasteiger partial charge < -0.3 is 10.4 Å². The molecule has 0 bridgehead atoms. The van der Waals surface area contributed by atoms with Crippen molar-refractivity contribution in [1.82, 2.24) is 10.3 Å². The van der Waals surface area contributed by atoms with Gasteiger partial charge in [-0.15, -0.1) is 0 Å². The van der Waals surface area contributed by atoms with Gasteiger partial charge in [0.25, 0.3) is 0 Å². The molecule has 0 aliphatic heterocycles. The van der Waals surface area contributed by atoms with E-state index in [4.69, 9.17) is 0 Å². The average Bonchev–Trinajstić information content (AvgIpc) is 2.76. The molecule has 0 aromatic carbocycles. The van der Waals surface area contributed by atoms with Gasteiger partial charge in [0, 0.05) is 12.1 Å². The van der Waals surface area contributed by atoms with Gasteiger partial charge in [-0.25, -0.2) is 4.98 Å². The molecule has 1 aromatic heterocycles. The third-order valence-corrected chi connectivity index (χ3v) is 3.72. The molecule has 0 atom stereocenters. The van der Waals surface area contributed by atoms with E-state index in [1.807, 2.05) is 18.2 Å². The highest BCUT2D eigenvalue weighted by molar-refractivity contribution is 9.10. The van der Waals surface area contributed by atoms with Gasteiger partial charge in [0.2, 0.25) is 0 Å². The SMILES string of the molecule is OCC1(NCc2cccc(Br)n2)CCCC1. The zero-order chi connectivity index (χ0) is 11.4. The third kappa shape index (κ3) is 2.81. The third-order valence-electron chi connectivity index (χ3n) is 3.28. The molecule has 16 heavy (non-hydrogen) atoms. The van der Waals surface area contributed by atoms with Gasteiger partial charge in [-0.2, -0.15) is 0 Å². The van der Waals surface area contributed by atoms with E-state index in [-0.39, 0.29) is 12.1 Å². The molecule has 0 amide bonds. The van der Waals surface area contributed by atoms with E-state index >= 15 is 0 Å². The summed E-state index contributed by atoms with van der Waals surface area (Å²) in [4.78, 5) is 4.37. The number of aliphatic hydroxyl groups excluding tert-OH is 1. The minimum atomic E-state index is -0.0655. The Bertz CT molecular complexity index is 351. The quantitative estimate of drug-likeness (QED) is 0.834. The lowest BCUT2D eigenvalue weighted by Gasteiger charge is -2.27. The largest absolute Gasteiger partial charge is 0.394 e. The number of rotatable bonds is 4. The molecule has 3 nitrogen and oxygen atoms in total. The molecule has 0 unspecified atom stereocenters. The van der Waals surface area contributed by atoms with Crippen LogP contribution in [0.4, 0.5) is 0 Å². The van der Waals surface area contributed by atoms with Crippen LogP contribution in [0.5, 0.6) is 0 Å². The van der Waals surface area contributed by atoms with Crippen LogP contribution in [0, 0.1) is 0 Å². The van der Waals surface area contributed by atoms with E-state index in [0.29, 0.717) is 0 Å². The van der Waals surface area contributed by atoms with Gasteiger partial charge in [-0.05, 0) is 40.9 Å². The summed E-state index contributed by atoms with van der Waals surface area (Å²) in [6, 6.07) is 5.90. The highest BCUT2D eigenvalue weighted by Crippen LogP contribution is 2.29. The molecule has 4 heteroatoms. The summed E-state index contributed by atoms with van der Waals surface area (Å²) in [5.74, 6) is 0. The number of halogens is 1. The average molecular weight is 285 g/mol. The van der Waals surface area contributed by atoms with Crippen molar-refractivity contribution in [1.29, 1.82) is 0 Å². The van der Waals surface area contributed by atoms with Crippen molar-refractivity contribution in [2.75, 3.05) is 6.61 Å². The summed E-state index contributed by atoms with van der Waals surface area (Å²) >= 11 is 3.36. The molecule has 0 spiro atoms. The number of aliphatic hydroxyl groups is 1. The van der Waals surface area contributed by atoms with Crippen molar-refractivity contribution in [3.8, 4) is 0 Å². The van der Waals surface area contributed by atoms with Gasteiger partial charge >= 0.3 is 0 Å². The van der Waals surface area contributed by atoms with Crippen LogP contribution >= 0.6 is 15.9 Å². The number of hydrogen-bond donors (Lipinski definition) is 2. The molecule has 0 saturated heterocycles. The van der Waals surface area contributed by atoms with Crippen LogP contribution in [0.3, 0.4) is 0 Å². The molecular weight excluding hydrogens is 268 g/mol. The molecule has 1 saturated carbocycles. The molecule has 1 heterocycles. The Hall–Kier alpha value is -0.450. The van der Waals surface area contributed by atoms with E-state index in [1.165, 1.54) is 12.8 Å². The Morgan fingerprint density at radius 2 is 2.12 bits per heavy atom. The molecular formula is C12H17BrN2O. The minimum Gasteiger partial charge on any atom is -0.394 e. The van der Waals surface area contributed by atoms with Gasteiger partial charge in [-0.3, -0.25) is 0 Å². The highest BCUT2D eigenvalue weighted by atomic mass is 79.9. The fourth-order valence-corrected chi connectivity index (χ4v) is 2.65. The van der Waals surface area contributed by atoms with E-state index in [2.05, 4.69) is 26.2 Å². The predicted molar refractivity (Wildman–Crippen MR) is 67.1 cm³/mol. The molecule has 1 fully saturated rings. The number of nitrogens with zero attached hydrogens (tertiary/aromatic N) is 1. The Balaban J connectivity index is 1.95. The Morgan fingerprint density at radius 1 is 1.38 bits per heavy atom. The predicted octanol–water partition coefficient (Wildman–Crippen LogP) is 2.24. The zero-order valence-corrected chi connectivity index (χ0v) is 10.8. The summed E-state index contributed by atoms with van der Waals surface area (Å²) in [7, 11) is 0. The first kappa shape index (κ1) is 12.0. The van der Waals surface area contributed by atoms with Crippen LogP contribution in [0.25, 0.3) is 0 Å². The van der Waals surface area contributed by atoms with Crippen LogP contribution in [-0.2, 0) is 6.54 Å². The van der Waals surface area contributed by atoms with Gasteiger partial charge in [0.1, 0.15) is 4.60 Å². The second-order valence-corrected chi connectivity index (χ2v) is 5.26. The fourth-order valence-electron chi connectivity index (χ4n) is 2.27. The molecule has 2 N–H and O–H groups in total. The van der Waals surface area contributed by atoms with Crippen molar-refractivity contribution in [3.05, 3.63) is 28.5 Å². The Morgan fingerprint density at radius 3 is 2.75 bits per heavy atom. The van der Waals surface area contributed by atoms with Crippen LogP contribution < -0.4 is 5.32 Å². The number of aromatic nitrogens is 1. The molecule has 2 rings (SSSR count). The van der Waals surface area contributed by atoms with Crippen molar-refractivity contribution in [3.63, 3.8) is 0 Å². The molecule has 1 aliphatic carbocycles. The summed E-state index contributed by atoms with van der Waals surface area (Å²) in [5, 5.41) is 12.9. The van der Waals surface area contributed by atoms with E-state index in [0.717, 1.165) is 29.7 Å². The first-order valence-electron chi connectivity index (χ1n) is 5.71. The second-order valence-electron chi connectivity index (χ2n) is 4.45. The monoisotopic (exact) mass is 284 g/mol. The van der Waals surface area contributed by atoms with Crippen LogP contribution in [-0.4, -0.2) is 22.2 Å². The summed E-state index contributed by atoms with van der Waals surface area (Å²) in [6.07, 6.45) is 4.55. The molecule has 0 radical (unpaired) electrons. The lowest BCUT2D eigenvalue weighted by atomic mass is 9.99. The van der Waals surface area contributed by atoms with Crippen molar-refractivity contribution in [2.45, 2.75) is 37.8 Å². The van der Waals surface area contributed by atoms with Gasteiger partial charge in [0.15, 0.2) is 0 Å². The van der Waals surface area contributed by atoms with E-state index in [1.54, 1.807) is 0 Å². The maximum atomic E-state index is 9.46. The lowest BCUT2D eigenvalue weighted by Crippen LogP contribution is -2.45. The van der Waals surface area contributed by atoms with Crippen LogP contribution in [0.2, 0.25) is 0 Å². The zero-order valence-electron chi connectivity index (χ0n) is 9.25. The van der Waals surface area contributed by atoms with Crippen molar-refractivity contribution in [2.24, 2.45) is 0 Å². The summed E-state index contributed by atoms with van der Waals surface area (Å²) in [5.41, 5.74) is 0.943. The standard InChI is InChI=1S/C12H17BrN2O/c13-11-5-3-4-10(15-11)8-14-12(9-16)6-1-2-7-12/h3-5,14,16H,1-2,6-9H2. The number of hydrogen-bond acceptors (Lipinski definition) is 3. The van der Waals surface area contributed by atoms with Crippen molar-refractivity contribution < 1.29 is 5.11 Å². The lowest BCUT2D eigenvalue weighted by molar-refractivity contribution is 0.162. The molecule has 1 aliphatic rings. The highest BCUT2D eigenvalue weighted by Gasteiger charge is 2.32. The first-order valence-corrected chi connectivity index (χ1v) is 6.51. The fraction of sp³-hybridized carbons (Fsp3) is 0.583. The number of nitrogens with one attached hydrogen (secondary N) is 1. The van der Waals surface area contributed by atoms with Crippen LogP contribution in [0.15, 0.2) is 22.8 Å². The number of pyridine rings is 1. The second kappa shape index (κ2) is 5.25. The van der Waals surface area contributed by atoms with Gasteiger partial charge in [0.05, 0.1) is 12.3 Å².